The molecular weight excluding hydrogens is 416 g/mol. The Morgan fingerprint density at radius 1 is 1.38 bits per heavy atom. The maximum absolute atomic E-state index is 12.4. The molecule has 3 aromatic heterocycles. The predicted octanol–water partition coefficient (Wildman–Crippen LogP) is 1.49. The quantitative estimate of drug-likeness (QED) is 0.615. The van der Waals surface area contributed by atoms with Crippen LogP contribution in [-0.2, 0) is 15.6 Å². The second-order valence-electron chi connectivity index (χ2n) is 7.26. The number of hydrogen-bond donors (Lipinski definition) is 2. The molecule has 10 nitrogen and oxygen atoms in total. The van der Waals surface area contributed by atoms with Gasteiger partial charge in [0.25, 0.3) is 0 Å². The van der Waals surface area contributed by atoms with E-state index < -0.39 is 20.8 Å². The number of hydrogen-bond acceptors (Lipinski definition) is 7. The van der Waals surface area contributed by atoms with Gasteiger partial charge in [0, 0.05) is 30.9 Å². The molecule has 0 spiro atoms. The minimum atomic E-state index is -3.39. The first-order chi connectivity index (χ1) is 13.3. The lowest BCUT2D eigenvalue weighted by Crippen LogP contribution is -2.65. The van der Waals surface area contributed by atoms with E-state index in [0.717, 1.165) is 5.39 Å². The molecule has 0 atom stereocenters. The van der Waals surface area contributed by atoms with Crippen LogP contribution < -0.4 is 5.73 Å². The molecule has 0 radical (unpaired) electrons. The molecule has 4 rings (SSSR count). The smallest absolute Gasteiger partial charge is 0.216 e. The summed E-state index contributed by atoms with van der Waals surface area (Å²) in [6.45, 7) is 3.65. The minimum absolute atomic E-state index is 0. The molecule has 0 amide bonds. The van der Waals surface area contributed by atoms with Gasteiger partial charge in [-0.1, -0.05) is 0 Å². The third-order valence-electron chi connectivity index (χ3n) is 5.14. The third-order valence-corrected chi connectivity index (χ3v) is 7.31. The molecule has 1 aliphatic heterocycles. The molecule has 1 aliphatic rings. The second-order valence-corrected chi connectivity index (χ2v) is 9.74. The van der Waals surface area contributed by atoms with E-state index in [1.807, 2.05) is 6.07 Å². The molecular formula is C17H21ClN8O2S. The fraction of sp³-hybridized carbons (Fsp3) is 0.412. The lowest BCUT2D eigenvalue weighted by molar-refractivity contribution is 0.0714. The minimum Gasteiger partial charge on any atom is -0.382 e. The standard InChI is InChI=1S/C17H20N8O2S.ClH/c1-11(2)28(26,27)24-8-17(9-24,4-5-18)25-7-13(15(19)23-25)14-12-3-6-20-16(12)22-10-21-14;/h3,6-7,10-11H,4,8-9H2,1-2H3,(H2,19,23)(H,20,21,22);1H. The molecule has 0 bridgehead atoms. The number of nitrogen functional groups attached to an aromatic ring is 1. The Bertz CT molecular complexity index is 1190. The van der Waals surface area contributed by atoms with Crippen molar-refractivity contribution in [1.82, 2.24) is 29.0 Å². The van der Waals surface area contributed by atoms with E-state index in [2.05, 4.69) is 26.1 Å². The first-order valence-electron chi connectivity index (χ1n) is 8.78. The molecule has 4 heterocycles. The van der Waals surface area contributed by atoms with Crippen molar-refractivity contribution < 1.29 is 8.42 Å². The Morgan fingerprint density at radius 3 is 2.76 bits per heavy atom. The van der Waals surface area contributed by atoms with Crippen molar-refractivity contribution in [2.75, 3.05) is 18.8 Å². The normalized spacial score (nSPS) is 16.3. The maximum atomic E-state index is 12.4. The van der Waals surface area contributed by atoms with Crippen molar-refractivity contribution in [3.05, 3.63) is 24.8 Å². The van der Waals surface area contributed by atoms with Crippen LogP contribution in [0.25, 0.3) is 22.3 Å². The van der Waals surface area contributed by atoms with Gasteiger partial charge in [0.05, 0.1) is 29.0 Å². The van der Waals surface area contributed by atoms with Crippen LogP contribution in [0.15, 0.2) is 24.8 Å². The Kier molecular flexibility index (Phi) is 5.29. The van der Waals surface area contributed by atoms with Crippen LogP contribution >= 0.6 is 12.4 Å². The van der Waals surface area contributed by atoms with Gasteiger partial charge in [0.15, 0.2) is 5.82 Å². The zero-order valence-corrected chi connectivity index (χ0v) is 17.5. The number of aromatic nitrogens is 5. The third kappa shape index (κ3) is 3.23. The molecule has 1 saturated heterocycles. The van der Waals surface area contributed by atoms with Gasteiger partial charge in [0.1, 0.15) is 17.5 Å². The number of fused-ring (bicyclic) bond motifs is 1. The summed E-state index contributed by atoms with van der Waals surface area (Å²) in [5.74, 6) is 0.267. The molecule has 12 heteroatoms. The number of rotatable bonds is 5. The number of H-pyrrole nitrogens is 1. The highest BCUT2D eigenvalue weighted by Crippen LogP contribution is 2.38. The number of aromatic amines is 1. The van der Waals surface area contributed by atoms with Gasteiger partial charge in [-0.15, -0.1) is 12.4 Å². The first kappa shape index (κ1) is 21.0. The summed E-state index contributed by atoms with van der Waals surface area (Å²) in [5.41, 5.74) is 7.35. The monoisotopic (exact) mass is 436 g/mol. The summed E-state index contributed by atoms with van der Waals surface area (Å²) in [6.07, 6.45) is 5.07. The first-order valence-corrected chi connectivity index (χ1v) is 10.3. The van der Waals surface area contributed by atoms with Crippen LogP contribution in [0.4, 0.5) is 5.82 Å². The lowest BCUT2D eigenvalue weighted by atomic mass is 9.89. The van der Waals surface area contributed by atoms with Crippen LogP contribution in [0.1, 0.15) is 20.3 Å². The fourth-order valence-electron chi connectivity index (χ4n) is 3.47. The van der Waals surface area contributed by atoms with Gasteiger partial charge >= 0.3 is 0 Å². The van der Waals surface area contributed by atoms with Gasteiger partial charge < -0.3 is 10.7 Å². The Balaban J connectivity index is 0.00000240. The molecule has 154 valence electrons. The largest absolute Gasteiger partial charge is 0.382 e. The van der Waals surface area contributed by atoms with Crippen molar-refractivity contribution in [3.8, 4) is 17.3 Å². The number of nitriles is 1. The lowest BCUT2D eigenvalue weighted by Gasteiger charge is -2.48. The van der Waals surface area contributed by atoms with E-state index in [-0.39, 0.29) is 37.7 Å². The van der Waals surface area contributed by atoms with E-state index in [0.29, 0.717) is 16.9 Å². The number of anilines is 1. The van der Waals surface area contributed by atoms with Gasteiger partial charge in [-0.2, -0.15) is 14.7 Å². The fourth-order valence-corrected chi connectivity index (χ4v) is 4.91. The summed E-state index contributed by atoms with van der Waals surface area (Å²) in [4.78, 5) is 11.5. The summed E-state index contributed by atoms with van der Waals surface area (Å²) in [6, 6.07) is 4.00. The molecule has 3 aromatic rings. The Labute approximate surface area is 174 Å². The molecule has 0 aromatic carbocycles. The van der Waals surface area contributed by atoms with E-state index in [4.69, 9.17) is 5.73 Å². The Hall–Kier alpha value is -2.68. The second kappa shape index (κ2) is 7.29. The van der Waals surface area contributed by atoms with Crippen LogP contribution in [0.2, 0.25) is 0 Å². The van der Waals surface area contributed by atoms with E-state index >= 15 is 0 Å². The molecule has 1 fully saturated rings. The van der Waals surface area contributed by atoms with Gasteiger partial charge in [-0.3, -0.25) is 4.68 Å². The van der Waals surface area contributed by atoms with Gasteiger partial charge in [0.2, 0.25) is 10.0 Å². The number of nitrogens with two attached hydrogens (primary N) is 1. The molecule has 3 N–H and O–H groups in total. The number of nitrogens with zero attached hydrogens (tertiary/aromatic N) is 6. The molecule has 0 saturated carbocycles. The SMILES string of the molecule is CC(C)S(=O)(=O)N1CC(CC#N)(n2cc(-c3ncnc4[nH]ccc34)c(N)n2)C1.Cl. The number of nitrogens with one attached hydrogen (secondary N) is 1. The van der Waals surface area contributed by atoms with Crippen LogP contribution in [0.5, 0.6) is 0 Å². The number of halogens is 1. The predicted molar refractivity (Wildman–Crippen MR) is 111 cm³/mol. The van der Waals surface area contributed by atoms with E-state index in [1.165, 1.54) is 10.6 Å². The summed E-state index contributed by atoms with van der Waals surface area (Å²) in [5, 5.41) is 14.0. The van der Waals surface area contributed by atoms with E-state index in [1.54, 1.807) is 30.9 Å². The van der Waals surface area contributed by atoms with Crippen LogP contribution in [-0.4, -0.2) is 55.8 Å². The average molecular weight is 437 g/mol. The highest BCUT2D eigenvalue weighted by atomic mass is 35.5. The Morgan fingerprint density at radius 2 is 2.10 bits per heavy atom. The highest BCUT2D eigenvalue weighted by Gasteiger charge is 2.51. The molecule has 0 aliphatic carbocycles. The zero-order chi connectivity index (χ0) is 20.1. The maximum Gasteiger partial charge on any atom is 0.216 e. The highest BCUT2D eigenvalue weighted by molar-refractivity contribution is 7.89. The molecule has 29 heavy (non-hydrogen) atoms. The van der Waals surface area contributed by atoms with Crippen molar-refractivity contribution in [2.45, 2.75) is 31.1 Å². The van der Waals surface area contributed by atoms with Crippen molar-refractivity contribution in [2.24, 2.45) is 0 Å². The van der Waals surface area contributed by atoms with Crippen LogP contribution in [0, 0.1) is 11.3 Å². The summed E-state index contributed by atoms with van der Waals surface area (Å²) in [7, 11) is -3.39. The van der Waals surface area contributed by atoms with Crippen LogP contribution in [0.3, 0.4) is 0 Å². The van der Waals surface area contributed by atoms with Gasteiger partial charge in [-0.25, -0.2) is 18.4 Å². The van der Waals surface area contributed by atoms with Crippen molar-refractivity contribution >= 4 is 39.3 Å². The number of sulfonamides is 1. The average Bonchev–Trinajstić information content (AvgIpc) is 3.23. The van der Waals surface area contributed by atoms with Crippen molar-refractivity contribution in [1.29, 1.82) is 5.26 Å². The van der Waals surface area contributed by atoms with Gasteiger partial charge in [-0.05, 0) is 19.9 Å². The zero-order valence-electron chi connectivity index (χ0n) is 15.9. The summed E-state index contributed by atoms with van der Waals surface area (Å²) >= 11 is 0. The molecule has 0 unspecified atom stereocenters. The summed E-state index contributed by atoms with van der Waals surface area (Å²) < 4.78 is 27.8. The topological polar surface area (TPSA) is 147 Å². The van der Waals surface area contributed by atoms with Crippen molar-refractivity contribution in [3.63, 3.8) is 0 Å². The van der Waals surface area contributed by atoms with E-state index in [9.17, 15) is 13.7 Å².